The minimum absolute atomic E-state index is 0. The van der Waals surface area contributed by atoms with Crippen LogP contribution in [0.3, 0.4) is 0 Å². The van der Waals surface area contributed by atoms with Crippen molar-refractivity contribution in [1.29, 1.82) is 0 Å². The van der Waals surface area contributed by atoms with Crippen molar-refractivity contribution in [2.24, 2.45) is 0 Å². The summed E-state index contributed by atoms with van der Waals surface area (Å²) in [6.45, 7) is 2.29. The summed E-state index contributed by atoms with van der Waals surface area (Å²) < 4.78 is 11.1. The molecule has 0 radical (unpaired) electrons. The van der Waals surface area contributed by atoms with Gasteiger partial charge >= 0.3 is 5.63 Å². The van der Waals surface area contributed by atoms with Crippen molar-refractivity contribution in [3.63, 3.8) is 0 Å². The summed E-state index contributed by atoms with van der Waals surface area (Å²) in [5, 5.41) is 4.35. The van der Waals surface area contributed by atoms with Crippen molar-refractivity contribution in [2.45, 2.75) is 19.6 Å². The van der Waals surface area contributed by atoms with Crippen LogP contribution >= 0.6 is 12.4 Å². The van der Waals surface area contributed by atoms with Gasteiger partial charge in [0.1, 0.15) is 17.9 Å². The Morgan fingerprint density at radius 2 is 1.53 bits per heavy atom. The number of rotatable bonds is 8. The van der Waals surface area contributed by atoms with Gasteiger partial charge in [0, 0.05) is 24.1 Å². The Balaban J connectivity index is 0.00000256. The molecular formula is C25H24ClNO3. The van der Waals surface area contributed by atoms with Crippen molar-refractivity contribution in [3.05, 3.63) is 112 Å². The lowest BCUT2D eigenvalue weighted by Gasteiger charge is -2.08. The molecule has 0 aliphatic carbocycles. The van der Waals surface area contributed by atoms with Gasteiger partial charge in [-0.3, -0.25) is 0 Å². The van der Waals surface area contributed by atoms with Crippen molar-refractivity contribution in [3.8, 4) is 5.75 Å². The van der Waals surface area contributed by atoms with E-state index < -0.39 is 0 Å². The predicted molar refractivity (Wildman–Crippen MR) is 122 cm³/mol. The van der Waals surface area contributed by atoms with Crippen LogP contribution in [0.1, 0.15) is 16.7 Å². The van der Waals surface area contributed by atoms with Gasteiger partial charge in [0.25, 0.3) is 0 Å². The van der Waals surface area contributed by atoms with Crippen molar-refractivity contribution in [1.82, 2.24) is 5.32 Å². The second-order valence-electron chi connectivity index (χ2n) is 6.97. The van der Waals surface area contributed by atoms with E-state index in [-0.39, 0.29) is 18.0 Å². The Morgan fingerprint density at radius 1 is 0.800 bits per heavy atom. The molecule has 0 bridgehead atoms. The van der Waals surface area contributed by atoms with Crippen LogP contribution in [0.2, 0.25) is 0 Å². The Labute approximate surface area is 181 Å². The molecule has 0 atom stereocenters. The first kappa shape index (κ1) is 21.6. The largest absolute Gasteiger partial charge is 0.489 e. The van der Waals surface area contributed by atoms with Gasteiger partial charge in [-0.2, -0.15) is 0 Å². The highest BCUT2D eigenvalue weighted by molar-refractivity contribution is 5.85. The number of fused-ring (bicyclic) bond motifs is 1. The summed E-state index contributed by atoms with van der Waals surface area (Å²) in [6.07, 6.45) is 0.984. The maximum absolute atomic E-state index is 11.4. The maximum atomic E-state index is 11.4. The molecule has 154 valence electrons. The monoisotopic (exact) mass is 421 g/mol. The van der Waals surface area contributed by atoms with Crippen LogP contribution in [-0.4, -0.2) is 6.54 Å². The fraction of sp³-hybridized carbons (Fsp3) is 0.160. The lowest BCUT2D eigenvalue weighted by atomic mass is 10.1. The third kappa shape index (κ3) is 5.96. The van der Waals surface area contributed by atoms with Crippen LogP contribution in [0.5, 0.6) is 5.75 Å². The molecule has 0 spiro atoms. The van der Waals surface area contributed by atoms with Gasteiger partial charge in [-0.25, -0.2) is 4.79 Å². The Bertz CT molecular complexity index is 1120. The van der Waals surface area contributed by atoms with Crippen LogP contribution in [0.4, 0.5) is 0 Å². The second kappa shape index (κ2) is 10.6. The molecule has 1 N–H and O–H groups in total. The maximum Gasteiger partial charge on any atom is 0.336 e. The Kier molecular flexibility index (Phi) is 7.66. The molecule has 0 aliphatic rings. The van der Waals surface area contributed by atoms with Gasteiger partial charge in [0.15, 0.2) is 0 Å². The summed E-state index contributed by atoms with van der Waals surface area (Å²) in [7, 11) is 0. The predicted octanol–water partition coefficient (Wildman–Crippen LogP) is 5.13. The number of hydrogen-bond donors (Lipinski definition) is 1. The van der Waals surface area contributed by atoms with E-state index in [1.165, 1.54) is 17.2 Å². The first-order valence-electron chi connectivity index (χ1n) is 9.75. The highest BCUT2D eigenvalue weighted by atomic mass is 35.5. The van der Waals surface area contributed by atoms with Crippen molar-refractivity contribution in [2.75, 3.05) is 6.54 Å². The first-order valence-corrected chi connectivity index (χ1v) is 9.75. The number of nitrogens with one attached hydrogen (secondary N) is 1. The lowest BCUT2D eigenvalue weighted by molar-refractivity contribution is 0.306. The van der Waals surface area contributed by atoms with Crippen LogP contribution in [0, 0.1) is 0 Å². The van der Waals surface area contributed by atoms with E-state index in [0.29, 0.717) is 17.9 Å². The first-order chi connectivity index (χ1) is 14.3. The molecule has 0 fully saturated rings. The summed E-state index contributed by atoms with van der Waals surface area (Å²) in [4.78, 5) is 11.4. The van der Waals surface area contributed by atoms with Crippen LogP contribution in [0.25, 0.3) is 11.0 Å². The topological polar surface area (TPSA) is 51.5 Å². The van der Waals surface area contributed by atoms with Gasteiger partial charge in [-0.1, -0.05) is 54.6 Å². The molecule has 0 unspecified atom stereocenters. The van der Waals surface area contributed by atoms with E-state index in [0.717, 1.165) is 30.5 Å². The summed E-state index contributed by atoms with van der Waals surface area (Å²) in [5.41, 5.74) is 3.87. The molecule has 4 nitrogen and oxygen atoms in total. The zero-order valence-electron chi connectivity index (χ0n) is 16.5. The SMILES string of the molecule is Cl.O=c1ccc2ccc(OCc3ccc(CCNCc4ccccc4)cc3)cc2o1. The van der Waals surface area contributed by atoms with Gasteiger partial charge in [-0.05, 0) is 47.9 Å². The number of benzene rings is 3. The van der Waals surface area contributed by atoms with E-state index in [9.17, 15) is 4.79 Å². The third-order valence-corrected chi connectivity index (χ3v) is 4.79. The molecule has 0 saturated heterocycles. The number of hydrogen-bond acceptors (Lipinski definition) is 4. The number of halogens is 1. The standard InChI is InChI=1S/C25H23NO3.ClH/c27-25-13-11-22-10-12-23(16-24(22)29-25)28-18-21-8-6-19(7-9-21)14-15-26-17-20-4-2-1-3-5-20;/h1-13,16,26H,14-15,17-18H2;1H. The minimum Gasteiger partial charge on any atom is -0.489 e. The molecule has 1 aromatic heterocycles. The fourth-order valence-electron chi connectivity index (χ4n) is 3.16. The molecule has 3 aromatic carbocycles. The highest BCUT2D eigenvalue weighted by Crippen LogP contribution is 2.20. The molecule has 0 amide bonds. The molecule has 4 aromatic rings. The molecular weight excluding hydrogens is 398 g/mol. The van der Waals surface area contributed by atoms with Gasteiger partial charge in [0.2, 0.25) is 0 Å². The Morgan fingerprint density at radius 3 is 2.33 bits per heavy atom. The highest BCUT2D eigenvalue weighted by Gasteiger charge is 2.02. The molecule has 4 rings (SSSR count). The molecule has 0 saturated carbocycles. The van der Waals surface area contributed by atoms with Crippen molar-refractivity contribution < 1.29 is 9.15 Å². The zero-order chi connectivity index (χ0) is 19.9. The molecule has 1 heterocycles. The summed E-state index contributed by atoms with van der Waals surface area (Å²) in [5.74, 6) is 0.682. The second-order valence-corrected chi connectivity index (χ2v) is 6.97. The molecule has 0 aliphatic heterocycles. The third-order valence-electron chi connectivity index (χ3n) is 4.79. The van der Waals surface area contributed by atoms with E-state index >= 15 is 0 Å². The van der Waals surface area contributed by atoms with Crippen LogP contribution in [0.15, 0.2) is 94.1 Å². The molecule has 5 heteroatoms. The summed E-state index contributed by atoms with van der Waals surface area (Å²) in [6, 6.07) is 27.6. The Hall–Kier alpha value is -3.08. The molecule has 30 heavy (non-hydrogen) atoms. The van der Waals surface area contributed by atoms with Crippen molar-refractivity contribution >= 4 is 23.4 Å². The summed E-state index contributed by atoms with van der Waals surface area (Å²) >= 11 is 0. The van der Waals surface area contributed by atoms with Crippen LogP contribution < -0.4 is 15.7 Å². The average Bonchev–Trinajstić information content (AvgIpc) is 2.76. The quantitative estimate of drug-likeness (QED) is 0.316. The zero-order valence-corrected chi connectivity index (χ0v) is 17.4. The van der Waals surface area contributed by atoms with Crippen LogP contribution in [-0.2, 0) is 19.6 Å². The van der Waals surface area contributed by atoms with E-state index in [1.54, 1.807) is 12.1 Å². The van der Waals surface area contributed by atoms with Gasteiger partial charge in [0.05, 0.1) is 0 Å². The number of ether oxygens (including phenoxy) is 1. The van der Waals surface area contributed by atoms with E-state index in [4.69, 9.17) is 9.15 Å². The minimum atomic E-state index is -0.358. The fourth-order valence-corrected chi connectivity index (χ4v) is 3.16. The van der Waals surface area contributed by atoms with Gasteiger partial charge in [-0.15, -0.1) is 12.4 Å². The van der Waals surface area contributed by atoms with E-state index in [2.05, 4.69) is 53.8 Å². The lowest BCUT2D eigenvalue weighted by Crippen LogP contribution is -2.16. The van der Waals surface area contributed by atoms with Gasteiger partial charge < -0.3 is 14.5 Å². The van der Waals surface area contributed by atoms with E-state index in [1.807, 2.05) is 18.2 Å². The smallest absolute Gasteiger partial charge is 0.336 e. The average molecular weight is 422 g/mol. The normalized spacial score (nSPS) is 10.5.